The van der Waals surface area contributed by atoms with Crippen LogP contribution in [0.15, 0.2) is 73.7 Å². The van der Waals surface area contributed by atoms with Gasteiger partial charge in [-0.15, -0.1) is 0 Å². The average Bonchev–Trinajstić information content (AvgIpc) is 3.60. The molecule has 6 aromatic rings. The Hall–Kier alpha value is -4.79. The summed E-state index contributed by atoms with van der Waals surface area (Å²) in [5.74, 6) is 1.96. The summed E-state index contributed by atoms with van der Waals surface area (Å²) in [6, 6.07) is 10.3. The molecule has 1 saturated carbocycles. The molecule has 1 aliphatic carbocycles. The van der Waals surface area contributed by atoms with Gasteiger partial charge in [-0.3, -0.25) is 14.6 Å². The highest BCUT2D eigenvalue weighted by molar-refractivity contribution is 5.96. The van der Waals surface area contributed by atoms with Crippen LogP contribution in [0, 0.1) is 12.8 Å². The molecule has 0 amide bonds. The largest absolute Gasteiger partial charge is 0.358 e. The van der Waals surface area contributed by atoms with Crippen molar-refractivity contribution >= 4 is 27.6 Å². The molecule has 0 radical (unpaired) electrons. The molecular weight excluding hydrogens is 462 g/mol. The zero-order valence-electron chi connectivity index (χ0n) is 20.4. The Balaban J connectivity index is 1.26. The van der Waals surface area contributed by atoms with Crippen LogP contribution in [-0.4, -0.2) is 39.7 Å². The Bertz CT molecular complexity index is 1780. The van der Waals surface area contributed by atoms with Crippen molar-refractivity contribution in [2.45, 2.75) is 26.2 Å². The van der Waals surface area contributed by atoms with E-state index in [0.29, 0.717) is 11.7 Å². The average molecular weight is 488 g/mol. The zero-order valence-corrected chi connectivity index (χ0v) is 20.4. The van der Waals surface area contributed by atoms with Crippen molar-refractivity contribution < 1.29 is 0 Å². The smallest absolute Gasteiger partial charge is 0.166 e. The van der Waals surface area contributed by atoms with Gasteiger partial charge in [-0.1, -0.05) is 19.1 Å². The molecule has 1 aromatic carbocycles. The van der Waals surface area contributed by atoms with E-state index in [1.165, 1.54) is 19.3 Å². The van der Waals surface area contributed by atoms with E-state index >= 15 is 0 Å². The molecule has 1 aliphatic rings. The lowest BCUT2D eigenvalue weighted by atomic mass is 9.83. The quantitative estimate of drug-likeness (QED) is 0.274. The van der Waals surface area contributed by atoms with Crippen LogP contribution in [0.4, 0.5) is 5.69 Å². The topological polar surface area (TPSA) is 113 Å². The maximum absolute atomic E-state index is 4.89. The van der Waals surface area contributed by atoms with Crippen LogP contribution in [0.3, 0.4) is 0 Å². The highest BCUT2D eigenvalue weighted by Gasteiger charge is 2.21. The highest BCUT2D eigenvalue weighted by atomic mass is 15.2. The molecular formula is C28H25N9. The van der Waals surface area contributed by atoms with Crippen molar-refractivity contribution in [1.29, 1.82) is 0 Å². The number of allylic oxidation sites excluding steroid dienone is 1. The lowest BCUT2D eigenvalue weighted by Crippen LogP contribution is -2.18. The maximum Gasteiger partial charge on any atom is 0.166 e. The standard InChI is InChI=1S/C28H25N9/c1-16-14-37(15-31-16)28-26-24(8-9-30-28)33-27(34-26)25-22-11-19(6-7-23(22)35-36-25)20-10-21(13-29-12-20)32-17(2)18-4-3-5-18/h6-15,18,32H,2-5H2,1H3,(H,33,34)(H,35,36). The zero-order chi connectivity index (χ0) is 24.9. The number of nitrogens with zero attached hydrogens (tertiary/aromatic N) is 6. The number of nitrogens with one attached hydrogen (secondary N) is 3. The lowest BCUT2D eigenvalue weighted by Gasteiger charge is -2.28. The molecule has 0 aliphatic heterocycles. The number of hydrogen-bond acceptors (Lipinski definition) is 6. The summed E-state index contributed by atoms with van der Waals surface area (Å²) in [7, 11) is 0. The third-order valence-corrected chi connectivity index (χ3v) is 7.10. The lowest BCUT2D eigenvalue weighted by molar-refractivity contribution is 0.371. The monoisotopic (exact) mass is 487 g/mol. The molecule has 9 heteroatoms. The molecule has 182 valence electrons. The van der Waals surface area contributed by atoms with Crippen LogP contribution < -0.4 is 5.32 Å². The fourth-order valence-corrected chi connectivity index (χ4v) is 4.84. The Morgan fingerprint density at radius 1 is 1.08 bits per heavy atom. The SMILES string of the molecule is C=C(Nc1cncc(-c2ccc3[nH]nc(-c4nc5c(-n6cnc(C)c6)nccc5[nH]4)c3c2)c1)C1CCC1. The van der Waals surface area contributed by atoms with Crippen molar-refractivity contribution in [3.8, 4) is 28.5 Å². The second-order valence-corrected chi connectivity index (χ2v) is 9.61. The van der Waals surface area contributed by atoms with Crippen molar-refractivity contribution in [1.82, 2.24) is 39.7 Å². The number of anilines is 1. The van der Waals surface area contributed by atoms with Gasteiger partial charge in [0.05, 0.1) is 28.6 Å². The van der Waals surface area contributed by atoms with Crippen molar-refractivity contribution in [3.63, 3.8) is 0 Å². The Labute approximate surface area is 212 Å². The van der Waals surface area contributed by atoms with Crippen molar-refractivity contribution in [2.75, 3.05) is 5.32 Å². The first kappa shape index (κ1) is 21.5. The minimum atomic E-state index is 0.561. The summed E-state index contributed by atoms with van der Waals surface area (Å²) < 4.78 is 1.89. The predicted molar refractivity (Wildman–Crippen MR) is 144 cm³/mol. The molecule has 0 saturated heterocycles. The fraction of sp³-hybridized carbons (Fsp3) is 0.179. The van der Waals surface area contributed by atoms with Gasteiger partial charge >= 0.3 is 0 Å². The number of hydrogen-bond donors (Lipinski definition) is 3. The van der Waals surface area contributed by atoms with Gasteiger partial charge in [0.15, 0.2) is 11.6 Å². The summed E-state index contributed by atoms with van der Waals surface area (Å²) in [5.41, 5.74) is 8.34. The first-order valence-corrected chi connectivity index (χ1v) is 12.4. The van der Waals surface area contributed by atoms with Crippen LogP contribution in [0.25, 0.3) is 50.4 Å². The van der Waals surface area contributed by atoms with Gasteiger partial charge in [0, 0.05) is 35.2 Å². The van der Waals surface area contributed by atoms with Crippen LogP contribution in [0.5, 0.6) is 0 Å². The van der Waals surface area contributed by atoms with Gasteiger partial charge in [-0.05, 0) is 55.5 Å². The van der Waals surface area contributed by atoms with Gasteiger partial charge in [0.25, 0.3) is 0 Å². The first-order valence-electron chi connectivity index (χ1n) is 12.4. The second kappa shape index (κ2) is 8.41. The van der Waals surface area contributed by atoms with E-state index < -0.39 is 0 Å². The number of aryl methyl sites for hydroxylation is 1. The maximum atomic E-state index is 4.89. The van der Waals surface area contributed by atoms with E-state index in [2.05, 4.69) is 60.2 Å². The molecule has 7 rings (SSSR count). The summed E-state index contributed by atoms with van der Waals surface area (Å²) >= 11 is 0. The minimum Gasteiger partial charge on any atom is -0.358 e. The van der Waals surface area contributed by atoms with E-state index in [0.717, 1.165) is 61.7 Å². The third-order valence-electron chi connectivity index (χ3n) is 7.10. The molecule has 0 bridgehead atoms. The Morgan fingerprint density at radius 2 is 2.00 bits per heavy atom. The Kier molecular flexibility index (Phi) is 4.88. The van der Waals surface area contributed by atoms with Gasteiger partial charge in [-0.2, -0.15) is 5.10 Å². The van der Waals surface area contributed by atoms with E-state index in [9.17, 15) is 0 Å². The number of rotatable bonds is 6. The fourth-order valence-electron chi connectivity index (χ4n) is 4.84. The van der Waals surface area contributed by atoms with Gasteiger partial charge in [0.1, 0.15) is 17.5 Å². The van der Waals surface area contributed by atoms with Gasteiger partial charge < -0.3 is 10.3 Å². The summed E-state index contributed by atoms with van der Waals surface area (Å²) in [5, 5.41) is 12.2. The number of aromatic nitrogens is 8. The Morgan fingerprint density at radius 3 is 2.81 bits per heavy atom. The van der Waals surface area contributed by atoms with Crippen LogP contribution >= 0.6 is 0 Å². The minimum absolute atomic E-state index is 0.561. The predicted octanol–water partition coefficient (Wildman–Crippen LogP) is 5.78. The first-order chi connectivity index (χ1) is 18.1. The second-order valence-electron chi connectivity index (χ2n) is 9.61. The van der Waals surface area contributed by atoms with E-state index in [-0.39, 0.29) is 0 Å². The molecule has 5 heterocycles. The number of pyridine rings is 2. The van der Waals surface area contributed by atoms with Crippen LogP contribution in [-0.2, 0) is 0 Å². The normalized spacial score (nSPS) is 13.8. The van der Waals surface area contributed by atoms with E-state index in [4.69, 9.17) is 4.98 Å². The number of H-pyrrole nitrogens is 2. The molecule has 0 atom stereocenters. The van der Waals surface area contributed by atoms with Crippen molar-refractivity contribution in [3.05, 3.63) is 79.4 Å². The van der Waals surface area contributed by atoms with Gasteiger partial charge in [0.2, 0.25) is 0 Å². The molecule has 5 aromatic heterocycles. The number of imidazole rings is 2. The number of fused-ring (bicyclic) bond motifs is 2. The highest BCUT2D eigenvalue weighted by Crippen LogP contribution is 2.34. The molecule has 0 unspecified atom stereocenters. The molecule has 0 spiro atoms. The number of benzene rings is 1. The summed E-state index contributed by atoms with van der Waals surface area (Å²) in [6.45, 7) is 6.18. The molecule has 9 nitrogen and oxygen atoms in total. The molecule has 1 fully saturated rings. The van der Waals surface area contributed by atoms with Crippen LogP contribution in [0.1, 0.15) is 25.0 Å². The van der Waals surface area contributed by atoms with Crippen molar-refractivity contribution in [2.24, 2.45) is 5.92 Å². The number of aromatic amines is 2. The molecule has 37 heavy (non-hydrogen) atoms. The van der Waals surface area contributed by atoms with Crippen LogP contribution in [0.2, 0.25) is 0 Å². The summed E-state index contributed by atoms with van der Waals surface area (Å²) in [4.78, 5) is 21.7. The van der Waals surface area contributed by atoms with E-state index in [1.807, 2.05) is 42.2 Å². The van der Waals surface area contributed by atoms with Gasteiger partial charge in [-0.25, -0.2) is 15.0 Å². The van der Waals surface area contributed by atoms with E-state index in [1.54, 1.807) is 12.5 Å². The summed E-state index contributed by atoms with van der Waals surface area (Å²) in [6.07, 6.45) is 12.9. The molecule has 3 N–H and O–H groups in total. The third kappa shape index (κ3) is 3.76.